The van der Waals surface area contributed by atoms with Crippen LogP contribution in [0.3, 0.4) is 0 Å². The first-order valence-electron chi connectivity index (χ1n) is 6.22. The smallest absolute Gasteiger partial charge is 0.259 e. The first kappa shape index (κ1) is 13.2. The van der Waals surface area contributed by atoms with Crippen LogP contribution in [-0.2, 0) is 6.54 Å². The Morgan fingerprint density at radius 2 is 1.71 bits per heavy atom. The molecule has 6 heteroatoms. The molecule has 0 unspecified atom stereocenters. The van der Waals surface area contributed by atoms with Crippen LogP contribution in [0.4, 0.5) is 14.5 Å². The monoisotopic (exact) mass is 288 g/mol. The van der Waals surface area contributed by atoms with E-state index in [-0.39, 0.29) is 12.1 Å². The zero-order valence-corrected chi connectivity index (χ0v) is 10.7. The molecule has 4 nitrogen and oxygen atoms in total. The summed E-state index contributed by atoms with van der Waals surface area (Å²) in [5.74, 6) is -2.15. The molecule has 0 bridgehead atoms. The Labute approximate surface area is 118 Å². The van der Waals surface area contributed by atoms with Crippen molar-refractivity contribution in [1.82, 2.24) is 5.32 Å². The van der Waals surface area contributed by atoms with Gasteiger partial charge in [-0.2, -0.15) is 0 Å². The number of hydrogen-bond donors (Lipinski definition) is 2. The van der Waals surface area contributed by atoms with Gasteiger partial charge in [0.25, 0.3) is 11.8 Å². The van der Waals surface area contributed by atoms with Gasteiger partial charge in [-0.15, -0.1) is 0 Å². The van der Waals surface area contributed by atoms with Crippen LogP contribution in [0.2, 0.25) is 0 Å². The number of halogens is 2. The minimum Gasteiger partial charge on any atom is -0.381 e. The molecule has 21 heavy (non-hydrogen) atoms. The van der Waals surface area contributed by atoms with Crippen molar-refractivity contribution in [3.63, 3.8) is 0 Å². The minimum absolute atomic E-state index is 0.139. The van der Waals surface area contributed by atoms with Crippen LogP contribution in [-0.4, -0.2) is 11.8 Å². The lowest BCUT2D eigenvalue weighted by Crippen LogP contribution is -2.19. The van der Waals surface area contributed by atoms with E-state index < -0.39 is 23.4 Å². The van der Waals surface area contributed by atoms with Gasteiger partial charge in [0.2, 0.25) is 0 Å². The third kappa shape index (κ3) is 2.47. The maximum Gasteiger partial charge on any atom is 0.259 e. The minimum atomic E-state index is -0.642. The van der Waals surface area contributed by atoms with Crippen LogP contribution >= 0.6 is 0 Å². The predicted molar refractivity (Wildman–Crippen MR) is 71.9 cm³/mol. The number of carbonyl (C=O) groups is 2. The predicted octanol–water partition coefficient (Wildman–Crippen LogP) is 2.46. The maximum absolute atomic E-state index is 13.5. The molecule has 106 valence electrons. The van der Waals surface area contributed by atoms with Crippen molar-refractivity contribution >= 4 is 17.5 Å². The van der Waals surface area contributed by atoms with Gasteiger partial charge in [0.1, 0.15) is 11.6 Å². The number of imide groups is 1. The second-order valence-corrected chi connectivity index (χ2v) is 4.63. The van der Waals surface area contributed by atoms with E-state index in [4.69, 9.17) is 0 Å². The van der Waals surface area contributed by atoms with E-state index in [0.717, 1.165) is 6.07 Å². The number of carbonyl (C=O) groups excluding carboxylic acids is 2. The molecule has 0 atom stereocenters. The van der Waals surface area contributed by atoms with Crippen LogP contribution in [0, 0.1) is 11.6 Å². The zero-order valence-electron chi connectivity index (χ0n) is 10.7. The summed E-state index contributed by atoms with van der Waals surface area (Å²) in [7, 11) is 0. The van der Waals surface area contributed by atoms with Gasteiger partial charge in [-0.1, -0.05) is 6.07 Å². The Hall–Kier alpha value is -2.76. The molecule has 2 aromatic carbocycles. The molecule has 1 aliphatic heterocycles. The van der Waals surface area contributed by atoms with Gasteiger partial charge in [0.05, 0.1) is 11.1 Å². The van der Waals surface area contributed by atoms with Gasteiger partial charge in [0, 0.05) is 23.9 Å². The molecule has 0 aliphatic carbocycles. The number of anilines is 1. The number of nitrogens with one attached hydrogen (secondary N) is 2. The Balaban J connectivity index is 1.79. The average Bonchev–Trinajstić information content (AvgIpc) is 2.73. The van der Waals surface area contributed by atoms with Crippen LogP contribution in [0.5, 0.6) is 0 Å². The second-order valence-electron chi connectivity index (χ2n) is 4.63. The summed E-state index contributed by atoms with van der Waals surface area (Å²) < 4.78 is 26.3. The van der Waals surface area contributed by atoms with E-state index in [2.05, 4.69) is 10.6 Å². The summed E-state index contributed by atoms with van der Waals surface area (Å²) in [6.45, 7) is 0.139. The molecule has 0 fully saturated rings. The summed E-state index contributed by atoms with van der Waals surface area (Å²) in [5, 5.41) is 5.12. The van der Waals surface area contributed by atoms with Gasteiger partial charge in [-0.05, 0) is 24.3 Å². The highest BCUT2D eigenvalue weighted by Gasteiger charge is 2.26. The summed E-state index contributed by atoms with van der Waals surface area (Å²) in [4.78, 5) is 22.9. The first-order valence-corrected chi connectivity index (χ1v) is 6.22. The van der Waals surface area contributed by atoms with Gasteiger partial charge >= 0.3 is 0 Å². The quantitative estimate of drug-likeness (QED) is 0.853. The zero-order chi connectivity index (χ0) is 15.0. The Morgan fingerprint density at radius 1 is 0.952 bits per heavy atom. The fourth-order valence-electron chi connectivity index (χ4n) is 2.14. The molecule has 2 aromatic rings. The van der Waals surface area contributed by atoms with Crippen LogP contribution in [0.1, 0.15) is 26.3 Å². The highest BCUT2D eigenvalue weighted by Crippen LogP contribution is 2.21. The molecule has 2 N–H and O–H groups in total. The summed E-state index contributed by atoms with van der Waals surface area (Å²) in [6, 6.07) is 8.01. The Kier molecular flexibility index (Phi) is 3.13. The SMILES string of the molecule is O=C1NC(=O)c2cc(NCc3ccc(F)cc3F)ccc21. The topological polar surface area (TPSA) is 58.2 Å². The molecule has 3 rings (SSSR count). The molecular formula is C15H10F2N2O2. The number of rotatable bonds is 3. The van der Waals surface area contributed by atoms with E-state index in [9.17, 15) is 18.4 Å². The molecule has 0 saturated carbocycles. The van der Waals surface area contributed by atoms with Crippen molar-refractivity contribution in [2.24, 2.45) is 0 Å². The second kappa shape index (κ2) is 4.97. The van der Waals surface area contributed by atoms with Crippen LogP contribution in [0.25, 0.3) is 0 Å². The van der Waals surface area contributed by atoms with E-state index in [1.54, 1.807) is 6.07 Å². The Bertz CT molecular complexity index is 759. The first-order chi connectivity index (χ1) is 10.0. The molecule has 0 aromatic heterocycles. The fourth-order valence-corrected chi connectivity index (χ4v) is 2.14. The number of benzene rings is 2. The molecule has 1 heterocycles. The molecule has 2 amide bonds. The van der Waals surface area contributed by atoms with E-state index in [1.807, 2.05) is 0 Å². The van der Waals surface area contributed by atoms with Crippen LogP contribution in [0.15, 0.2) is 36.4 Å². The van der Waals surface area contributed by atoms with Crippen molar-refractivity contribution in [1.29, 1.82) is 0 Å². The normalized spacial score (nSPS) is 13.0. The van der Waals surface area contributed by atoms with Gasteiger partial charge < -0.3 is 5.32 Å². The van der Waals surface area contributed by atoms with Crippen molar-refractivity contribution in [3.8, 4) is 0 Å². The molecule has 0 saturated heterocycles. The number of fused-ring (bicyclic) bond motifs is 1. The fraction of sp³-hybridized carbons (Fsp3) is 0.0667. The average molecular weight is 288 g/mol. The molecule has 0 spiro atoms. The lowest BCUT2D eigenvalue weighted by atomic mass is 10.1. The lowest BCUT2D eigenvalue weighted by molar-refractivity contribution is 0.0879. The van der Waals surface area contributed by atoms with Gasteiger partial charge in [-0.3, -0.25) is 14.9 Å². The van der Waals surface area contributed by atoms with E-state index in [0.29, 0.717) is 16.8 Å². The standard InChI is InChI=1S/C15H10F2N2O2/c16-9-2-1-8(13(17)5-9)7-18-10-3-4-11-12(6-10)15(21)19-14(11)20/h1-6,18H,7H2,(H,19,20,21). The highest BCUT2D eigenvalue weighted by atomic mass is 19.1. The van der Waals surface area contributed by atoms with Gasteiger partial charge in [-0.25, -0.2) is 8.78 Å². The van der Waals surface area contributed by atoms with E-state index >= 15 is 0 Å². The summed E-state index contributed by atoms with van der Waals surface area (Å²) >= 11 is 0. The highest BCUT2D eigenvalue weighted by molar-refractivity contribution is 6.21. The van der Waals surface area contributed by atoms with Crippen molar-refractivity contribution in [2.75, 3.05) is 5.32 Å². The Morgan fingerprint density at radius 3 is 2.48 bits per heavy atom. The number of amides is 2. The number of hydrogen-bond acceptors (Lipinski definition) is 3. The van der Waals surface area contributed by atoms with Crippen molar-refractivity contribution in [2.45, 2.75) is 6.54 Å². The molecule has 1 aliphatic rings. The molecular weight excluding hydrogens is 278 g/mol. The summed E-state index contributed by atoms with van der Waals surface area (Å²) in [5.41, 5.74) is 1.47. The largest absolute Gasteiger partial charge is 0.381 e. The lowest BCUT2D eigenvalue weighted by Gasteiger charge is -2.08. The summed E-state index contributed by atoms with van der Waals surface area (Å²) in [6.07, 6.45) is 0. The van der Waals surface area contributed by atoms with Crippen molar-refractivity contribution < 1.29 is 18.4 Å². The van der Waals surface area contributed by atoms with E-state index in [1.165, 1.54) is 24.3 Å². The van der Waals surface area contributed by atoms with Gasteiger partial charge in [0.15, 0.2) is 0 Å². The third-order valence-electron chi connectivity index (χ3n) is 3.23. The maximum atomic E-state index is 13.5. The van der Waals surface area contributed by atoms with Crippen molar-refractivity contribution in [3.05, 3.63) is 64.7 Å². The third-order valence-corrected chi connectivity index (χ3v) is 3.23. The molecule has 0 radical (unpaired) electrons. The van der Waals surface area contributed by atoms with Crippen LogP contribution < -0.4 is 10.6 Å².